The third kappa shape index (κ3) is 61.0. The largest absolute Gasteiger partial charge is 0.472 e. The molecular weight excluding hydrogens is 1190 g/mol. The van der Waals surface area contributed by atoms with Gasteiger partial charge in [0.2, 0.25) is 0 Å². The molecule has 19 heteroatoms. The number of hydrogen-bond donors (Lipinski definition) is 3. The number of rotatable bonds is 68. The maximum absolute atomic E-state index is 13.0. The molecule has 0 heterocycles. The average Bonchev–Trinajstić information content (AvgIpc) is 2.82. The van der Waals surface area contributed by atoms with E-state index in [1.54, 1.807) is 0 Å². The number of aliphatic hydroxyl groups excluding tert-OH is 1. The molecule has 0 spiro atoms. The van der Waals surface area contributed by atoms with Gasteiger partial charge in [-0.05, 0) is 49.4 Å². The van der Waals surface area contributed by atoms with Crippen molar-refractivity contribution in [1.82, 2.24) is 0 Å². The molecule has 0 bridgehead atoms. The number of phosphoric acid groups is 2. The van der Waals surface area contributed by atoms with Gasteiger partial charge in [0.1, 0.15) is 19.3 Å². The van der Waals surface area contributed by atoms with E-state index >= 15 is 0 Å². The molecule has 0 radical (unpaired) electrons. The number of unbranched alkanes of at least 4 members (excludes halogenated alkanes) is 31. The van der Waals surface area contributed by atoms with Gasteiger partial charge in [-0.25, -0.2) is 9.13 Å². The van der Waals surface area contributed by atoms with Crippen LogP contribution in [-0.2, 0) is 65.4 Å². The van der Waals surface area contributed by atoms with Gasteiger partial charge in [-0.15, -0.1) is 0 Å². The van der Waals surface area contributed by atoms with Gasteiger partial charge >= 0.3 is 39.5 Å². The zero-order chi connectivity index (χ0) is 66.8. The van der Waals surface area contributed by atoms with Crippen molar-refractivity contribution in [3.63, 3.8) is 0 Å². The SMILES string of the molecule is CCC(C)CCCCCCCCCCCCCCCCC(=O)OC[C@H](COP(=O)(O)OC[C@@H](O)COP(=O)(O)OC[C@@H](COC(=O)CCCCCCCCC(C)CC)OC(=O)CCCCCCCCCCC(C)CC)OC(=O)CCCCCCCCCC(C)C. The van der Waals surface area contributed by atoms with Gasteiger partial charge in [0.25, 0.3) is 0 Å². The van der Waals surface area contributed by atoms with E-state index < -0.39 is 97.5 Å². The van der Waals surface area contributed by atoms with Crippen LogP contribution in [0.4, 0.5) is 0 Å². The lowest BCUT2D eigenvalue weighted by atomic mass is 9.99. The van der Waals surface area contributed by atoms with Gasteiger partial charge in [0.15, 0.2) is 12.2 Å². The molecule has 0 amide bonds. The third-order valence-corrected chi connectivity index (χ3v) is 19.3. The molecule has 0 rings (SSSR count). The number of ether oxygens (including phenoxy) is 4. The molecule has 0 aliphatic carbocycles. The average molecular weight is 1330 g/mol. The lowest BCUT2D eigenvalue weighted by Gasteiger charge is -2.21. The third-order valence-electron chi connectivity index (χ3n) is 17.4. The minimum atomic E-state index is -4.95. The van der Waals surface area contributed by atoms with Crippen LogP contribution in [0.5, 0.6) is 0 Å². The summed E-state index contributed by atoms with van der Waals surface area (Å²) in [6, 6.07) is 0. The summed E-state index contributed by atoms with van der Waals surface area (Å²) in [7, 11) is -9.90. The molecule has 8 atom stereocenters. The Morgan fingerprint density at radius 2 is 0.533 bits per heavy atom. The van der Waals surface area contributed by atoms with E-state index in [9.17, 15) is 43.2 Å². The number of carbonyl (C=O) groups excluding carboxylic acids is 4. The van der Waals surface area contributed by atoms with E-state index in [0.717, 1.165) is 114 Å². The fourth-order valence-electron chi connectivity index (χ4n) is 10.6. The quantitative estimate of drug-likeness (QED) is 0.0222. The van der Waals surface area contributed by atoms with Crippen molar-refractivity contribution in [2.75, 3.05) is 39.6 Å². The van der Waals surface area contributed by atoms with Gasteiger partial charge in [-0.3, -0.25) is 37.3 Å². The van der Waals surface area contributed by atoms with E-state index in [1.807, 2.05) is 0 Å². The molecule has 0 aromatic rings. The standard InChI is InChI=1S/C71H138O17P2/c1-9-62(6)48-40-32-24-18-16-14-12-13-15-17-19-26-35-43-51-68(73)81-57-66(88-71(76)54-46-38-28-22-23-31-39-47-61(4)5)59-85-89(77,78)83-55-65(72)56-84-90(79,80)86-60-67(58-82-69(74)52-44-36-30-29-34-42-50-64(8)11-3)87-70(75)53-45-37-27-21-20-25-33-41-49-63(7)10-2/h61-67,72H,9-60H2,1-8H3,(H,77,78)(H,79,80)/t62?,63?,64?,65-,66-,67-/m1/s1. The molecule has 90 heavy (non-hydrogen) atoms. The molecule has 0 aromatic heterocycles. The van der Waals surface area contributed by atoms with Crippen molar-refractivity contribution in [2.24, 2.45) is 23.7 Å². The van der Waals surface area contributed by atoms with Crippen molar-refractivity contribution >= 4 is 39.5 Å². The van der Waals surface area contributed by atoms with Crippen molar-refractivity contribution in [3.8, 4) is 0 Å². The lowest BCUT2D eigenvalue weighted by Crippen LogP contribution is -2.30. The van der Waals surface area contributed by atoms with Crippen LogP contribution in [0.3, 0.4) is 0 Å². The molecule has 0 aliphatic heterocycles. The van der Waals surface area contributed by atoms with Crippen LogP contribution in [-0.4, -0.2) is 96.7 Å². The Labute approximate surface area is 549 Å². The van der Waals surface area contributed by atoms with Crippen molar-refractivity contribution in [3.05, 3.63) is 0 Å². The number of aliphatic hydroxyl groups is 1. The maximum Gasteiger partial charge on any atom is 0.472 e. The first-order valence-corrected chi connectivity index (χ1v) is 39.8. The minimum absolute atomic E-state index is 0.103. The van der Waals surface area contributed by atoms with Crippen LogP contribution in [0, 0.1) is 23.7 Å². The first-order chi connectivity index (χ1) is 43.2. The van der Waals surface area contributed by atoms with Crippen LogP contribution >= 0.6 is 15.6 Å². The first kappa shape index (κ1) is 88.1. The minimum Gasteiger partial charge on any atom is -0.462 e. The van der Waals surface area contributed by atoms with Crippen molar-refractivity contribution in [1.29, 1.82) is 0 Å². The number of carbonyl (C=O) groups is 4. The highest BCUT2D eigenvalue weighted by atomic mass is 31.2. The number of phosphoric ester groups is 2. The predicted octanol–water partition coefficient (Wildman–Crippen LogP) is 20.1. The highest BCUT2D eigenvalue weighted by Gasteiger charge is 2.30. The molecule has 534 valence electrons. The molecule has 0 aromatic carbocycles. The number of esters is 4. The van der Waals surface area contributed by atoms with Crippen molar-refractivity contribution in [2.45, 2.75) is 369 Å². The molecule has 0 saturated heterocycles. The van der Waals surface area contributed by atoms with Gasteiger partial charge in [-0.1, -0.05) is 299 Å². The highest BCUT2D eigenvalue weighted by Crippen LogP contribution is 2.45. The predicted molar refractivity (Wildman–Crippen MR) is 363 cm³/mol. The fraction of sp³-hybridized carbons (Fsp3) is 0.944. The van der Waals surface area contributed by atoms with Gasteiger partial charge in [0, 0.05) is 25.7 Å². The maximum atomic E-state index is 13.0. The Morgan fingerprint density at radius 3 is 0.789 bits per heavy atom. The topological polar surface area (TPSA) is 237 Å². The van der Waals surface area contributed by atoms with E-state index in [0.29, 0.717) is 31.6 Å². The summed E-state index contributed by atoms with van der Waals surface area (Å²) in [6.07, 6.45) is 43.1. The Hall–Kier alpha value is -1.94. The second-order valence-electron chi connectivity index (χ2n) is 26.8. The van der Waals surface area contributed by atoms with Gasteiger partial charge in [-0.2, -0.15) is 0 Å². The Kier molecular flexibility index (Phi) is 59.4. The van der Waals surface area contributed by atoms with Crippen LogP contribution < -0.4 is 0 Å². The summed E-state index contributed by atoms with van der Waals surface area (Å²) in [5.74, 6) is 0.914. The summed E-state index contributed by atoms with van der Waals surface area (Å²) in [5, 5.41) is 10.6. The number of hydrogen-bond acceptors (Lipinski definition) is 15. The second-order valence-corrected chi connectivity index (χ2v) is 29.7. The normalized spacial score (nSPS) is 15.2. The lowest BCUT2D eigenvalue weighted by molar-refractivity contribution is -0.161. The van der Waals surface area contributed by atoms with E-state index in [1.165, 1.54) is 148 Å². The monoisotopic (exact) mass is 1320 g/mol. The Bertz CT molecular complexity index is 1790. The molecule has 3 N–H and O–H groups in total. The second kappa shape index (κ2) is 60.7. The van der Waals surface area contributed by atoms with Crippen molar-refractivity contribution < 1.29 is 80.2 Å². The summed E-state index contributed by atoms with van der Waals surface area (Å²) in [5.41, 5.74) is 0. The molecule has 0 aliphatic rings. The van der Waals surface area contributed by atoms with Crippen LogP contribution in [0.2, 0.25) is 0 Å². The summed E-state index contributed by atoms with van der Waals surface area (Å²) >= 11 is 0. The summed E-state index contributed by atoms with van der Waals surface area (Å²) in [4.78, 5) is 72.5. The first-order valence-electron chi connectivity index (χ1n) is 36.8. The molecule has 0 saturated carbocycles. The van der Waals surface area contributed by atoms with Gasteiger partial charge in [0.05, 0.1) is 26.4 Å². The molecule has 17 nitrogen and oxygen atoms in total. The fourth-order valence-corrected chi connectivity index (χ4v) is 12.1. The van der Waals surface area contributed by atoms with Crippen LogP contribution in [0.15, 0.2) is 0 Å². The zero-order valence-corrected chi connectivity index (χ0v) is 60.6. The molecular formula is C71H138O17P2. The zero-order valence-electron chi connectivity index (χ0n) is 58.8. The summed E-state index contributed by atoms with van der Waals surface area (Å²) in [6.45, 7) is 14.1. The van der Waals surface area contributed by atoms with E-state index in [4.69, 9.17) is 37.0 Å². The molecule has 0 fully saturated rings. The summed E-state index contributed by atoms with van der Waals surface area (Å²) < 4.78 is 68.3. The molecule has 5 unspecified atom stereocenters. The Balaban J connectivity index is 5.20. The van der Waals surface area contributed by atoms with Crippen LogP contribution in [0.25, 0.3) is 0 Å². The van der Waals surface area contributed by atoms with Crippen LogP contribution in [0.1, 0.15) is 351 Å². The van der Waals surface area contributed by atoms with E-state index in [2.05, 4.69) is 55.4 Å². The van der Waals surface area contributed by atoms with E-state index in [-0.39, 0.29) is 25.7 Å². The Morgan fingerprint density at radius 1 is 0.311 bits per heavy atom. The smallest absolute Gasteiger partial charge is 0.462 e. The highest BCUT2D eigenvalue weighted by molar-refractivity contribution is 7.47. The van der Waals surface area contributed by atoms with Gasteiger partial charge < -0.3 is 33.8 Å².